The molecule has 2 rings (SSSR count). The molecule has 0 radical (unpaired) electrons. The van der Waals surface area contributed by atoms with Crippen molar-refractivity contribution in [3.8, 4) is 5.75 Å². The highest BCUT2D eigenvalue weighted by molar-refractivity contribution is 5.77. The molecular weight excluding hydrogens is 221 g/mol. The van der Waals surface area contributed by atoms with E-state index in [1.165, 1.54) is 12.1 Å². The van der Waals surface area contributed by atoms with Gasteiger partial charge in [0.15, 0.2) is 0 Å². The number of hydrogen-bond acceptors (Lipinski definition) is 2. The number of rotatable bonds is 2. The molecule has 86 valence electrons. The van der Waals surface area contributed by atoms with Crippen LogP contribution < -0.4 is 4.74 Å². The van der Waals surface area contributed by atoms with Crippen molar-refractivity contribution in [3.05, 3.63) is 29.8 Å². The van der Waals surface area contributed by atoms with E-state index >= 15 is 0 Å². The molecule has 1 saturated carbocycles. The van der Waals surface area contributed by atoms with E-state index in [1.54, 1.807) is 0 Å². The quantitative estimate of drug-likeness (QED) is 0.576. The Morgan fingerprint density at radius 1 is 1.25 bits per heavy atom. The highest BCUT2D eigenvalue weighted by Gasteiger charge is 2.37. The zero-order chi connectivity index (χ0) is 11.8. The Morgan fingerprint density at radius 2 is 1.88 bits per heavy atom. The van der Waals surface area contributed by atoms with Gasteiger partial charge in [0.2, 0.25) is 0 Å². The van der Waals surface area contributed by atoms with Gasteiger partial charge in [0, 0.05) is 0 Å². The van der Waals surface area contributed by atoms with Gasteiger partial charge in [0.25, 0.3) is 0 Å². The number of esters is 1. The molecule has 16 heavy (non-hydrogen) atoms. The van der Waals surface area contributed by atoms with E-state index in [4.69, 9.17) is 4.74 Å². The first-order chi connectivity index (χ1) is 7.48. The minimum absolute atomic E-state index is 0.221. The third kappa shape index (κ3) is 2.35. The molecule has 2 nitrogen and oxygen atoms in total. The van der Waals surface area contributed by atoms with Crippen LogP contribution in [0.4, 0.5) is 13.2 Å². The molecule has 0 unspecified atom stereocenters. The van der Waals surface area contributed by atoms with E-state index in [1.807, 2.05) is 0 Å². The molecule has 0 spiro atoms. The second kappa shape index (κ2) is 3.81. The average molecular weight is 230 g/mol. The summed E-state index contributed by atoms with van der Waals surface area (Å²) in [6.07, 6.45) is -3.10. The molecule has 0 bridgehead atoms. The molecular formula is C11H9F3O2. The minimum atomic E-state index is -4.50. The second-order valence-corrected chi connectivity index (χ2v) is 3.69. The number of hydrogen-bond donors (Lipinski definition) is 0. The molecule has 5 heteroatoms. The SMILES string of the molecule is O=C(Oc1ccccc1C(F)(F)F)C1CC1. The molecule has 1 aliphatic rings. The maximum absolute atomic E-state index is 12.5. The smallest absolute Gasteiger partial charge is 0.419 e. The van der Waals surface area contributed by atoms with Crippen molar-refractivity contribution in [1.82, 2.24) is 0 Å². The van der Waals surface area contributed by atoms with Gasteiger partial charge in [-0.25, -0.2) is 0 Å². The summed E-state index contributed by atoms with van der Waals surface area (Å²) in [6.45, 7) is 0. The van der Waals surface area contributed by atoms with E-state index in [9.17, 15) is 18.0 Å². The zero-order valence-electron chi connectivity index (χ0n) is 8.25. The third-order valence-corrected chi connectivity index (χ3v) is 2.31. The molecule has 1 aromatic rings. The molecule has 0 N–H and O–H groups in total. The first-order valence-electron chi connectivity index (χ1n) is 4.86. The predicted molar refractivity (Wildman–Crippen MR) is 49.8 cm³/mol. The normalized spacial score (nSPS) is 15.9. The Hall–Kier alpha value is -1.52. The van der Waals surface area contributed by atoms with Crippen LogP contribution in [-0.4, -0.2) is 5.97 Å². The van der Waals surface area contributed by atoms with Crippen LogP contribution in [-0.2, 0) is 11.0 Å². The number of alkyl halides is 3. The molecule has 1 aromatic carbocycles. The summed E-state index contributed by atoms with van der Waals surface area (Å²) < 4.78 is 42.3. The lowest BCUT2D eigenvalue weighted by atomic mass is 10.2. The fourth-order valence-corrected chi connectivity index (χ4v) is 1.30. The lowest BCUT2D eigenvalue weighted by Gasteiger charge is -2.11. The van der Waals surface area contributed by atoms with E-state index in [0.717, 1.165) is 12.1 Å². The zero-order valence-corrected chi connectivity index (χ0v) is 8.25. The van der Waals surface area contributed by atoms with Gasteiger partial charge in [0.05, 0.1) is 11.5 Å². The van der Waals surface area contributed by atoms with Crippen molar-refractivity contribution in [2.75, 3.05) is 0 Å². The maximum atomic E-state index is 12.5. The Balaban J connectivity index is 2.22. The molecule has 1 aliphatic carbocycles. The van der Waals surface area contributed by atoms with Gasteiger partial charge < -0.3 is 4.74 Å². The van der Waals surface area contributed by atoms with Gasteiger partial charge in [0.1, 0.15) is 5.75 Å². The van der Waals surface area contributed by atoms with Crippen LogP contribution in [0.1, 0.15) is 18.4 Å². The van der Waals surface area contributed by atoms with Crippen LogP contribution in [0, 0.1) is 5.92 Å². The van der Waals surface area contributed by atoms with E-state index in [2.05, 4.69) is 0 Å². The Kier molecular flexibility index (Phi) is 2.61. The van der Waals surface area contributed by atoms with Gasteiger partial charge in [-0.15, -0.1) is 0 Å². The van der Waals surface area contributed by atoms with E-state index < -0.39 is 23.5 Å². The lowest BCUT2D eigenvalue weighted by Crippen LogP contribution is -2.14. The molecule has 0 aromatic heterocycles. The third-order valence-electron chi connectivity index (χ3n) is 2.31. The van der Waals surface area contributed by atoms with Gasteiger partial charge >= 0.3 is 12.1 Å². The van der Waals surface area contributed by atoms with Crippen LogP contribution in [0.2, 0.25) is 0 Å². The topological polar surface area (TPSA) is 26.3 Å². The van der Waals surface area contributed by atoms with Gasteiger partial charge in [-0.2, -0.15) is 13.2 Å². The second-order valence-electron chi connectivity index (χ2n) is 3.69. The van der Waals surface area contributed by atoms with Crippen molar-refractivity contribution in [1.29, 1.82) is 0 Å². The first kappa shape index (κ1) is 11.0. The molecule has 0 heterocycles. The average Bonchev–Trinajstić information content (AvgIpc) is 2.99. The number of halogens is 3. The van der Waals surface area contributed by atoms with Crippen molar-refractivity contribution < 1.29 is 22.7 Å². The van der Waals surface area contributed by atoms with E-state index in [0.29, 0.717) is 12.8 Å². The summed E-state index contributed by atoms with van der Waals surface area (Å²) in [4.78, 5) is 11.3. The maximum Gasteiger partial charge on any atom is 0.419 e. The van der Waals surface area contributed by atoms with Crippen molar-refractivity contribution >= 4 is 5.97 Å². The van der Waals surface area contributed by atoms with Crippen molar-refractivity contribution in [2.24, 2.45) is 5.92 Å². The summed E-state index contributed by atoms with van der Waals surface area (Å²) >= 11 is 0. The number of carbonyl (C=O) groups excluding carboxylic acids is 1. The lowest BCUT2D eigenvalue weighted by molar-refractivity contribution is -0.142. The molecule has 1 fully saturated rings. The Bertz CT molecular complexity index is 408. The number of ether oxygens (including phenoxy) is 1. The minimum Gasteiger partial charge on any atom is -0.426 e. The van der Waals surface area contributed by atoms with Crippen LogP contribution >= 0.6 is 0 Å². The Morgan fingerprint density at radius 3 is 2.44 bits per heavy atom. The summed E-state index contributed by atoms with van der Waals surface area (Å²) in [7, 11) is 0. The van der Waals surface area contributed by atoms with Crippen LogP contribution in [0.25, 0.3) is 0 Å². The van der Waals surface area contributed by atoms with Crippen LogP contribution in [0.15, 0.2) is 24.3 Å². The summed E-state index contributed by atoms with van der Waals surface area (Å²) in [6, 6.07) is 4.72. The monoisotopic (exact) mass is 230 g/mol. The van der Waals surface area contributed by atoms with Crippen molar-refractivity contribution in [3.63, 3.8) is 0 Å². The van der Waals surface area contributed by atoms with Crippen molar-refractivity contribution in [2.45, 2.75) is 19.0 Å². The highest BCUT2D eigenvalue weighted by Crippen LogP contribution is 2.37. The number of benzene rings is 1. The highest BCUT2D eigenvalue weighted by atomic mass is 19.4. The van der Waals surface area contributed by atoms with Gasteiger partial charge in [-0.3, -0.25) is 4.79 Å². The summed E-state index contributed by atoms with van der Waals surface area (Å²) in [5.74, 6) is -1.20. The number of para-hydroxylation sites is 1. The predicted octanol–water partition coefficient (Wildman–Crippen LogP) is 3.02. The van der Waals surface area contributed by atoms with Crippen LogP contribution in [0.5, 0.6) is 5.75 Å². The summed E-state index contributed by atoms with van der Waals surface area (Å²) in [5, 5.41) is 0. The standard InChI is InChI=1S/C11H9F3O2/c12-11(13,14)8-3-1-2-4-9(8)16-10(15)7-5-6-7/h1-4,7H,5-6H2. The molecule has 0 atom stereocenters. The fourth-order valence-electron chi connectivity index (χ4n) is 1.30. The van der Waals surface area contributed by atoms with Gasteiger partial charge in [-0.05, 0) is 25.0 Å². The fraction of sp³-hybridized carbons (Fsp3) is 0.364. The summed E-state index contributed by atoms with van der Waals surface area (Å²) in [5.41, 5.74) is -0.913. The first-order valence-corrected chi connectivity index (χ1v) is 4.86. The van der Waals surface area contributed by atoms with Crippen LogP contribution in [0.3, 0.4) is 0 Å². The van der Waals surface area contributed by atoms with Gasteiger partial charge in [-0.1, -0.05) is 12.1 Å². The number of carbonyl (C=O) groups is 1. The largest absolute Gasteiger partial charge is 0.426 e. The Labute approximate surface area is 90.0 Å². The molecule has 0 saturated heterocycles. The van der Waals surface area contributed by atoms with E-state index in [-0.39, 0.29) is 5.92 Å². The molecule has 0 aliphatic heterocycles. The molecule has 0 amide bonds.